The lowest BCUT2D eigenvalue weighted by Crippen LogP contribution is -1.85. The fourth-order valence-corrected chi connectivity index (χ4v) is 3.09. The largest absolute Gasteiger partial charge is 0.255 e. The normalized spacial score (nSPS) is 9.48. The van der Waals surface area contributed by atoms with Crippen LogP contribution in [0.2, 0.25) is 0 Å². The van der Waals surface area contributed by atoms with E-state index in [0.717, 1.165) is 31.8 Å². The van der Waals surface area contributed by atoms with Crippen LogP contribution in [0.25, 0.3) is 21.8 Å². The molecule has 0 aliphatic heterocycles. The van der Waals surface area contributed by atoms with E-state index >= 15 is 0 Å². The van der Waals surface area contributed by atoms with E-state index in [1.54, 1.807) is 18.5 Å². The van der Waals surface area contributed by atoms with E-state index in [4.69, 9.17) is 10.5 Å². The van der Waals surface area contributed by atoms with E-state index in [1.807, 2.05) is 49.4 Å². The lowest BCUT2D eigenvalue weighted by Gasteiger charge is -2.01. The first-order valence-electron chi connectivity index (χ1n) is 7.83. The van der Waals surface area contributed by atoms with E-state index in [1.165, 1.54) is 0 Å². The van der Waals surface area contributed by atoms with Gasteiger partial charge < -0.3 is 0 Å². The number of nitriles is 2. The molecule has 4 nitrogen and oxygen atoms in total. The highest BCUT2D eigenvalue weighted by Gasteiger charge is 2.03. The van der Waals surface area contributed by atoms with E-state index in [9.17, 15) is 0 Å². The van der Waals surface area contributed by atoms with Crippen LogP contribution in [0.15, 0.2) is 65.4 Å². The Labute approximate surface area is 166 Å². The van der Waals surface area contributed by atoms with Gasteiger partial charge in [0, 0.05) is 27.6 Å². The van der Waals surface area contributed by atoms with Crippen molar-refractivity contribution in [1.29, 1.82) is 10.5 Å². The SMILES string of the molecule is C.Cc1ccc(C#N)c2ncccc12.N#Cc1ccc(Br)c2cccnc12. The second kappa shape index (κ2) is 8.89. The van der Waals surface area contributed by atoms with Crippen molar-refractivity contribution in [3.63, 3.8) is 0 Å². The fraction of sp³-hybridized carbons (Fsp3) is 0.0909. The van der Waals surface area contributed by atoms with Crippen LogP contribution < -0.4 is 0 Å². The third-order valence-corrected chi connectivity index (χ3v) is 4.64. The van der Waals surface area contributed by atoms with E-state index in [-0.39, 0.29) is 7.43 Å². The van der Waals surface area contributed by atoms with Crippen LogP contribution >= 0.6 is 15.9 Å². The number of hydrogen-bond donors (Lipinski definition) is 0. The zero-order valence-electron chi connectivity index (χ0n) is 13.9. The van der Waals surface area contributed by atoms with Gasteiger partial charge in [-0.2, -0.15) is 10.5 Å². The van der Waals surface area contributed by atoms with Gasteiger partial charge in [0.05, 0.1) is 22.2 Å². The van der Waals surface area contributed by atoms with Crippen molar-refractivity contribution in [2.45, 2.75) is 14.4 Å². The third kappa shape index (κ3) is 4.11. The summed E-state index contributed by atoms with van der Waals surface area (Å²) in [6.45, 7) is 2.02. The Hall–Kier alpha value is -3.28. The van der Waals surface area contributed by atoms with Crippen molar-refractivity contribution in [2.24, 2.45) is 0 Å². The molecule has 0 unspecified atom stereocenters. The lowest BCUT2D eigenvalue weighted by atomic mass is 10.1. The minimum atomic E-state index is 0. The molecule has 0 radical (unpaired) electrons. The Kier molecular flexibility index (Phi) is 6.60. The molecule has 5 heteroatoms. The fourth-order valence-electron chi connectivity index (χ4n) is 2.63. The Balaban J connectivity index is 0.000000187. The molecular weight excluding hydrogens is 400 g/mol. The van der Waals surface area contributed by atoms with Crippen LogP contribution in [0.4, 0.5) is 0 Å². The number of benzene rings is 2. The van der Waals surface area contributed by atoms with Crippen LogP contribution in [0.1, 0.15) is 24.1 Å². The molecule has 0 saturated carbocycles. The van der Waals surface area contributed by atoms with Gasteiger partial charge in [-0.1, -0.05) is 41.6 Å². The molecule has 0 saturated heterocycles. The summed E-state index contributed by atoms with van der Waals surface area (Å²) in [5.41, 5.74) is 3.95. The van der Waals surface area contributed by atoms with Crippen molar-refractivity contribution in [2.75, 3.05) is 0 Å². The molecule has 27 heavy (non-hydrogen) atoms. The Morgan fingerprint density at radius 3 is 1.89 bits per heavy atom. The molecule has 0 spiro atoms. The van der Waals surface area contributed by atoms with Gasteiger partial charge in [0.1, 0.15) is 12.1 Å². The smallest absolute Gasteiger partial charge is 0.101 e. The van der Waals surface area contributed by atoms with Gasteiger partial charge in [0.2, 0.25) is 0 Å². The molecule has 0 N–H and O–H groups in total. The lowest BCUT2D eigenvalue weighted by molar-refractivity contribution is 1.37. The first-order valence-corrected chi connectivity index (χ1v) is 8.62. The van der Waals surface area contributed by atoms with Crippen LogP contribution in [0.5, 0.6) is 0 Å². The molecule has 0 amide bonds. The molecule has 0 atom stereocenters. The van der Waals surface area contributed by atoms with Crippen LogP contribution in [0, 0.1) is 29.6 Å². The second-order valence-corrected chi connectivity index (χ2v) is 6.40. The van der Waals surface area contributed by atoms with Gasteiger partial charge in [0.15, 0.2) is 0 Å². The summed E-state index contributed by atoms with van der Waals surface area (Å²) >= 11 is 3.41. The summed E-state index contributed by atoms with van der Waals surface area (Å²) in [6.07, 6.45) is 3.40. The highest BCUT2D eigenvalue weighted by molar-refractivity contribution is 9.10. The summed E-state index contributed by atoms with van der Waals surface area (Å²) in [6, 6.07) is 19.3. The van der Waals surface area contributed by atoms with Crippen LogP contribution in [-0.2, 0) is 0 Å². The molecule has 4 rings (SSSR count). The van der Waals surface area contributed by atoms with Crippen molar-refractivity contribution < 1.29 is 0 Å². The third-order valence-electron chi connectivity index (χ3n) is 3.95. The molecule has 2 heterocycles. The molecule has 4 aromatic rings. The molecular formula is C22H17BrN4. The van der Waals surface area contributed by atoms with Gasteiger partial charge >= 0.3 is 0 Å². The van der Waals surface area contributed by atoms with E-state index in [2.05, 4.69) is 38.0 Å². The maximum atomic E-state index is 8.84. The first kappa shape index (κ1) is 20.0. The van der Waals surface area contributed by atoms with Gasteiger partial charge in [-0.05, 0) is 42.8 Å². The molecule has 0 aliphatic rings. The minimum Gasteiger partial charge on any atom is -0.255 e. The number of pyridine rings is 2. The predicted molar refractivity (Wildman–Crippen MR) is 112 cm³/mol. The van der Waals surface area contributed by atoms with E-state index in [0.29, 0.717) is 11.1 Å². The zero-order chi connectivity index (χ0) is 18.5. The number of rotatable bonds is 0. The quantitative estimate of drug-likeness (QED) is 0.356. The number of halogens is 1. The number of aryl methyl sites for hydroxylation is 1. The molecule has 2 aromatic carbocycles. The van der Waals surface area contributed by atoms with E-state index < -0.39 is 0 Å². The Bertz CT molecular complexity index is 1090. The topological polar surface area (TPSA) is 73.4 Å². The zero-order valence-corrected chi connectivity index (χ0v) is 15.5. The number of hydrogen-bond acceptors (Lipinski definition) is 4. The Morgan fingerprint density at radius 2 is 1.30 bits per heavy atom. The number of fused-ring (bicyclic) bond motifs is 2. The van der Waals surface area contributed by atoms with Crippen molar-refractivity contribution in [3.8, 4) is 12.1 Å². The highest BCUT2D eigenvalue weighted by Crippen LogP contribution is 2.24. The van der Waals surface area contributed by atoms with Crippen LogP contribution in [0.3, 0.4) is 0 Å². The van der Waals surface area contributed by atoms with Gasteiger partial charge in [-0.25, -0.2) is 0 Å². The Morgan fingerprint density at radius 1 is 0.778 bits per heavy atom. The predicted octanol–water partition coefficient (Wildman–Crippen LogP) is 5.92. The van der Waals surface area contributed by atoms with Gasteiger partial charge in [-0.3, -0.25) is 9.97 Å². The van der Waals surface area contributed by atoms with Crippen molar-refractivity contribution in [3.05, 3.63) is 82.1 Å². The molecule has 132 valence electrons. The van der Waals surface area contributed by atoms with Crippen molar-refractivity contribution in [1.82, 2.24) is 9.97 Å². The summed E-state index contributed by atoms with van der Waals surface area (Å²) in [7, 11) is 0. The number of aromatic nitrogens is 2. The average molecular weight is 417 g/mol. The minimum absolute atomic E-state index is 0. The standard InChI is InChI=1S/C11H8N2.C10H5BrN2.CH4/c1-8-4-5-9(7-12)11-10(8)3-2-6-13-11;11-9-4-3-7(6-12)10-8(9)2-1-5-13-10;/h2-6H,1H3;1-5H;1H4. The monoisotopic (exact) mass is 416 g/mol. The van der Waals surface area contributed by atoms with Gasteiger partial charge in [-0.15, -0.1) is 0 Å². The van der Waals surface area contributed by atoms with Crippen LogP contribution in [-0.4, -0.2) is 9.97 Å². The highest BCUT2D eigenvalue weighted by atomic mass is 79.9. The maximum absolute atomic E-state index is 8.84. The summed E-state index contributed by atoms with van der Waals surface area (Å²) in [5, 5.41) is 19.7. The molecule has 0 fully saturated rings. The number of nitrogens with zero attached hydrogens (tertiary/aromatic N) is 4. The molecule has 2 aromatic heterocycles. The first-order chi connectivity index (χ1) is 12.7. The van der Waals surface area contributed by atoms with Gasteiger partial charge in [0.25, 0.3) is 0 Å². The molecule has 0 bridgehead atoms. The summed E-state index contributed by atoms with van der Waals surface area (Å²) in [5.74, 6) is 0. The van der Waals surface area contributed by atoms with Crippen molar-refractivity contribution >= 4 is 37.7 Å². The second-order valence-electron chi connectivity index (χ2n) is 5.55. The summed E-state index contributed by atoms with van der Waals surface area (Å²) in [4.78, 5) is 8.35. The maximum Gasteiger partial charge on any atom is 0.101 e. The summed E-state index contributed by atoms with van der Waals surface area (Å²) < 4.78 is 0.967. The average Bonchev–Trinajstić information content (AvgIpc) is 2.70. The molecule has 0 aliphatic carbocycles.